The van der Waals surface area contributed by atoms with Crippen LogP contribution in [0.2, 0.25) is 0 Å². The number of rotatable bonds is 5. The minimum Gasteiger partial charge on any atom is -0.479 e. The molecular weight excluding hydrogens is 308 g/mol. The third kappa shape index (κ3) is 4.22. The summed E-state index contributed by atoms with van der Waals surface area (Å²) in [5.74, 6) is -1.71. The molecule has 120 valence electrons. The van der Waals surface area contributed by atoms with Crippen molar-refractivity contribution < 1.29 is 23.0 Å². The number of amides is 1. The molecule has 2 aromatic rings. The molecule has 1 N–H and O–H groups in total. The van der Waals surface area contributed by atoms with E-state index in [0.717, 1.165) is 30.4 Å². The van der Waals surface area contributed by atoms with Gasteiger partial charge < -0.3 is 14.8 Å². The fraction of sp³-hybridized carbons (Fsp3) is 0.133. The third-order valence-corrected chi connectivity index (χ3v) is 2.74. The van der Waals surface area contributed by atoms with Crippen LogP contribution in [0.5, 0.6) is 11.9 Å². The second-order valence-electron chi connectivity index (χ2n) is 4.27. The normalized spacial score (nSPS) is 10.6. The predicted molar refractivity (Wildman–Crippen MR) is 79.2 cm³/mol. The largest absolute Gasteiger partial charge is 0.479 e. The van der Waals surface area contributed by atoms with Gasteiger partial charge in [-0.25, -0.2) is 13.8 Å². The van der Waals surface area contributed by atoms with Crippen molar-refractivity contribution in [3.8, 4) is 11.9 Å². The van der Waals surface area contributed by atoms with Gasteiger partial charge in [0.1, 0.15) is 17.3 Å². The number of carbonyl (C=O) groups is 1. The van der Waals surface area contributed by atoms with Gasteiger partial charge in [0, 0.05) is 11.6 Å². The summed E-state index contributed by atoms with van der Waals surface area (Å²) in [6.07, 6.45) is 3.52. The van der Waals surface area contributed by atoms with E-state index in [9.17, 15) is 13.6 Å². The number of hydrogen-bond acceptors (Lipinski definition) is 5. The zero-order valence-electron chi connectivity index (χ0n) is 12.3. The molecule has 0 aliphatic rings. The summed E-state index contributed by atoms with van der Waals surface area (Å²) in [6.45, 7) is 0. The molecule has 0 saturated carbocycles. The van der Waals surface area contributed by atoms with Gasteiger partial charge >= 0.3 is 6.01 Å². The topological polar surface area (TPSA) is 73.3 Å². The van der Waals surface area contributed by atoms with Crippen molar-refractivity contribution in [2.75, 3.05) is 19.5 Å². The molecule has 1 heterocycles. The molecule has 2 rings (SSSR count). The Morgan fingerprint density at radius 3 is 2.74 bits per heavy atom. The molecule has 0 radical (unpaired) electrons. The highest BCUT2D eigenvalue weighted by Gasteiger charge is 2.10. The van der Waals surface area contributed by atoms with Crippen molar-refractivity contribution >= 4 is 17.7 Å². The Hall–Kier alpha value is -3.03. The van der Waals surface area contributed by atoms with Gasteiger partial charge in [-0.3, -0.25) is 4.79 Å². The van der Waals surface area contributed by atoms with E-state index in [2.05, 4.69) is 15.3 Å². The Labute approximate surface area is 130 Å². The van der Waals surface area contributed by atoms with Gasteiger partial charge in [-0.1, -0.05) is 0 Å². The molecule has 0 unspecified atom stereocenters. The number of anilines is 1. The molecule has 1 amide bonds. The second-order valence-corrected chi connectivity index (χ2v) is 4.27. The molecular formula is C15H13F2N3O3. The number of methoxy groups -OCH3 is 2. The second kappa shape index (κ2) is 7.30. The quantitative estimate of drug-likeness (QED) is 0.856. The maximum Gasteiger partial charge on any atom is 0.319 e. The summed E-state index contributed by atoms with van der Waals surface area (Å²) < 4.78 is 36.3. The third-order valence-electron chi connectivity index (χ3n) is 2.74. The Balaban J connectivity index is 2.13. The first-order chi connectivity index (χ1) is 11.0. The van der Waals surface area contributed by atoms with Crippen molar-refractivity contribution in [3.63, 3.8) is 0 Å². The van der Waals surface area contributed by atoms with E-state index in [1.165, 1.54) is 20.4 Å². The summed E-state index contributed by atoms with van der Waals surface area (Å²) in [4.78, 5) is 19.6. The number of nitrogens with zero attached hydrogens (tertiary/aromatic N) is 2. The van der Waals surface area contributed by atoms with E-state index >= 15 is 0 Å². The first kappa shape index (κ1) is 16.3. The highest BCUT2D eigenvalue weighted by Crippen LogP contribution is 2.22. The number of carbonyl (C=O) groups excluding carboxylic acids is 1. The lowest BCUT2D eigenvalue weighted by Gasteiger charge is -2.08. The van der Waals surface area contributed by atoms with Crippen LogP contribution in [0, 0.1) is 11.6 Å². The maximum absolute atomic E-state index is 13.4. The average molecular weight is 321 g/mol. The average Bonchev–Trinajstić information content (AvgIpc) is 2.56. The van der Waals surface area contributed by atoms with Gasteiger partial charge in [-0.15, -0.1) is 0 Å². The van der Waals surface area contributed by atoms with E-state index in [1.807, 2.05) is 0 Å². The van der Waals surface area contributed by atoms with Crippen LogP contribution in [-0.2, 0) is 4.79 Å². The summed E-state index contributed by atoms with van der Waals surface area (Å²) in [5, 5.41) is 2.47. The Bertz CT molecular complexity index is 751. The van der Waals surface area contributed by atoms with Crippen LogP contribution in [0.25, 0.3) is 6.08 Å². The zero-order valence-corrected chi connectivity index (χ0v) is 12.3. The number of nitrogens with one attached hydrogen (secondary N) is 1. The number of halogens is 2. The molecule has 0 fully saturated rings. The fourth-order valence-electron chi connectivity index (χ4n) is 1.67. The number of aromatic nitrogens is 2. The van der Waals surface area contributed by atoms with Gasteiger partial charge in [0.05, 0.1) is 20.4 Å². The summed E-state index contributed by atoms with van der Waals surface area (Å²) in [6, 6.07) is 3.03. The lowest BCUT2D eigenvalue weighted by molar-refractivity contribution is -0.111. The van der Waals surface area contributed by atoms with Crippen LogP contribution in [-0.4, -0.2) is 30.1 Å². The van der Waals surface area contributed by atoms with E-state index in [4.69, 9.17) is 9.47 Å². The number of hydrogen-bond donors (Lipinski definition) is 1. The Morgan fingerprint density at radius 1 is 1.26 bits per heavy atom. The number of benzene rings is 1. The lowest BCUT2D eigenvalue weighted by atomic mass is 10.2. The number of ether oxygens (including phenoxy) is 2. The standard InChI is InChI=1S/C15H13F2N3O3/c1-22-14-12(8-18-15(20-14)23-2)19-13(21)6-3-9-7-10(16)4-5-11(9)17/h3-8H,1-2H3,(H,19,21)/b6-3+. The molecule has 0 bridgehead atoms. The minimum absolute atomic E-state index is 0.0434. The fourth-order valence-corrected chi connectivity index (χ4v) is 1.67. The molecule has 1 aromatic heterocycles. The van der Waals surface area contributed by atoms with Gasteiger partial charge in [-0.05, 0) is 24.3 Å². The molecule has 0 saturated heterocycles. The van der Waals surface area contributed by atoms with Gasteiger partial charge in [0.25, 0.3) is 0 Å². The van der Waals surface area contributed by atoms with Crippen LogP contribution in [0.15, 0.2) is 30.5 Å². The van der Waals surface area contributed by atoms with Crippen molar-refractivity contribution in [1.82, 2.24) is 9.97 Å². The highest BCUT2D eigenvalue weighted by atomic mass is 19.1. The Kier molecular flexibility index (Phi) is 5.19. The summed E-state index contributed by atoms with van der Waals surface area (Å²) >= 11 is 0. The van der Waals surface area contributed by atoms with E-state index < -0.39 is 17.5 Å². The Morgan fingerprint density at radius 2 is 2.04 bits per heavy atom. The zero-order chi connectivity index (χ0) is 16.8. The summed E-state index contributed by atoms with van der Waals surface area (Å²) in [5.41, 5.74) is 0.167. The first-order valence-corrected chi connectivity index (χ1v) is 6.42. The first-order valence-electron chi connectivity index (χ1n) is 6.42. The predicted octanol–water partition coefficient (Wildman–Crippen LogP) is 2.42. The van der Waals surface area contributed by atoms with Gasteiger partial charge in [0.15, 0.2) is 0 Å². The molecule has 23 heavy (non-hydrogen) atoms. The van der Waals surface area contributed by atoms with Crippen LogP contribution in [0.4, 0.5) is 14.5 Å². The van der Waals surface area contributed by atoms with E-state index in [0.29, 0.717) is 0 Å². The lowest BCUT2D eigenvalue weighted by Crippen LogP contribution is -2.10. The van der Waals surface area contributed by atoms with Crippen LogP contribution >= 0.6 is 0 Å². The van der Waals surface area contributed by atoms with Gasteiger partial charge in [0.2, 0.25) is 11.8 Å². The molecule has 6 nitrogen and oxygen atoms in total. The molecule has 0 aliphatic carbocycles. The van der Waals surface area contributed by atoms with Crippen LogP contribution in [0.3, 0.4) is 0 Å². The van der Waals surface area contributed by atoms with Gasteiger partial charge in [-0.2, -0.15) is 4.98 Å². The molecule has 8 heteroatoms. The maximum atomic E-state index is 13.4. The molecule has 0 atom stereocenters. The van der Waals surface area contributed by atoms with Crippen LogP contribution < -0.4 is 14.8 Å². The monoisotopic (exact) mass is 321 g/mol. The molecule has 0 spiro atoms. The van der Waals surface area contributed by atoms with Crippen molar-refractivity contribution in [3.05, 3.63) is 47.7 Å². The van der Waals surface area contributed by atoms with Crippen molar-refractivity contribution in [2.45, 2.75) is 0 Å². The smallest absolute Gasteiger partial charge is 0.319 e. The van der Waals surface area contributed by atoms with E-state index in [1.54, 1.807) is 0 Å². The van der Waals surface area contributed by atoms with Crippen molar-refractivity contribution in [2.24, 2.45) is 0 Å². The van der Waals surface area contributed by atoms with Crippen LogP contribution in [0.1, 0.15) is 5.56 Å². The molecule has 0 aliphatic heterocycles. The highest BCUT2D eigenvalue weighted by molar-refractivity contribution is 6.02. The SMILES string of the molecule is COc1ncc(NC(=O)/C=C/c2cc(F)ccc2F)c(OC)n1. The minimum atomic E-state index is -0.638. The summed E-state index contributed by atoms with van der Waals surface area (Å²) in [7, 11) is 2.76. The van der Waals surface area contributed by atoms with E-state index in [-0.39, 0.29) is 23.1 Å². The van der Waals surface area contributed by atoms with Crippen molar-refractivity contribution in [1.29, 1.82) is 0 Å². The molecule has 1 aromatic carbocycles.